The topological polar surface area (TPSA) is 127 Å². The first-order chi connectivity index (χ1) is 14.1. The van der Waals surface area contributed by atoms with E-state index in [0.717, 1.165) is 19.2 Å². The molecule has 0 saturated carbocycles. The minimum Gasteiger partial charge on any atom is -0.379 e. The summed E-state index contributed by atoms with van der Waals surface area (Å²) in [4.78, 5) is 12.5. The minimum absolute atomic E-state index is 0.0545. The maximum absolute atomic E-state index is 13.5. The molecule has 12 heteroatoms. The number of non-ortho nitro benzene ring substituents is 1. The summed E-state index contributed by atoms with van der Waals surface area (Å²) in [5.41, 5.74) is 0.0751. The number of sulfonamides is 1. The molecule has 168 valence electrons. The van der Waals surface area contributed by atoms with Gasteiger partial charge in [-0.2, -0.15) is 4.31 Å². The second-order valence-electron chi connectivity index (χ2n) is 7.69. The van der Waals surface area contributed by atoms with Crippen molar-refractivity contribution in [2.24, 2.45) is 0 Å². The third-order valence-electron chi connectivity index (χ3n) is 5.54. The Labute approximate surface area is 176 Å². The van der Waals surface area contributed by atoms with E-state index in [4.69, 9.17) is 4.74 Å². The predicted molar refractivity (Wildman–Crippen MR) is 111 cm³/mol. The van der Waals surface area contributed by atoms with Crippen LogP contribution in [0.15, 0.2) is 23.1 Å². The zero-order chi connectivity index (χ0) is 21.9. The van der Waals surface area contributed by atoms with Crippen LogP contribution < -0.4 is 0 Å². The molecule has 2 fully saturated rings. The minimum atomic E-state index is -4.10. The molecule has 0 aromatic heterocycles. The number of ether oxygens (including phenoxy) is 1. The summed E-state index contributed by atoms with van der Waals surface area (Å²) in [5.74, 6) is -0.279. The van der Waals surface area contributed by atoms with Gasteiger partial charge < -0.3 is 4.74 Å². The quantitative estimate of drug-likeness (QED) is 0.411. The number of hydrogen-bond acceptors (Lipinski definition) is 8. The molecule has 3 rings (SSSR count). The average Bonchev–Trinajstić information content (AvgIpc) is 3.05. The fourth-order valence-electron chi connectivity index (χ4n) is 3.88. The Balaban J connectivity index is 1.86. The third-order valence-corrected chi connectivity index (χ3v) is 9.39. The highest BCUT2D eigenvalue weighted by atomic mass is 32.2. The highest BCUT2D eigenvalue weighted by molar-refractivity contribution is 7.92. The Morgan fingerprint density at radius 3 is 2.60 bits per heavy atom. The van der Waals surface area contributed by atoms with Crippen molar-refractivity contribution in [3.8, 4) is 0 Å². The summed E-state index contributed by atoms with van der Waals surface area (Å²) in [5, 5.41) is 11.2. The van der Waals surface area contributed by atoms with Crippen LogP contribution in [-0.2, 0) is 24.6 Å². The highest BCUT2D eigenvalue weighted by Crippen LogP contribution is 2.29. The molecule has 0 bridgehead atoms. The van der Waals surface area contributed by atoms with E-state index in [1.165, 1.54) is 16.4 Å². The number of nitro groups is 1. The van der Waals surface area contributed by atoms with Crippen molar-refractivity contribution >= 4 is 25.5 Å². The van der Waals surface area contributed by atoms with Gasteiger partial charge >= 0.3 is 0 Å². The summed E-state index contributed by atoms with van der Waals surface area (Å²) in [6.45, 7) is 5.22. The molecule has 30 heavy (non-hydrogen) atoms. The molecule has 0 radical (unpaired) electrons. The number of morpholine rings is 1. The van der Waals surface area contributed by atoms with Gasteiger partial charge in [0.05, 0.1) is 34.5 Å². The summed E-state index contributed by atoms with van der Waals surface area (Å²) in [6.07, 6.45) is 0.761. The first-order valence-electron chi connectivity index (χ1n) is 9.87. The second kappa shape index (κ2) is 9.27. The van der Waals surface area contributed by atoms with Crippen LogP contribution in [-0.4, -0.2) is 87.9 Å². The van der Waals surface area contributed by atoms with Gasteiger partial charge in [0.1, 0.15) is 0 Å². The van der Waals surface area contributed by atoms with Crippen LogP contribution in [0.4, 0.5) is 5.69 Å². The van der Waals surface area contributed by atoms with Crippen molar-refractivity contribution in [2.75, 3.05) is 50.9 Å². The number of rotatable bonds is 8. The molecular formula is C18H27N3O7S2. The molecular weight excluding hydrogens is 434 g/mol. The summed E-state index contributed by atoms with van der Waals surface area (Å²) in [7, 11) is -7.40. The molecule has 2 heterocycles. The first kappa shape index (κ1) is 23.1. The molecule has 0 N–H and O–H groups in total. The van der Waals surface area contributed by atoms with Crippen molar-refractivity contribution in [3.05, 3.63) is 33.9 Å². The van der Waals surface area contributed by atoms with Gasteiger partial charge in [-0.25, -0.2) is 16.8 Å². The van der Waals surface area contributed by atoms with Gasteiger partial charge in [0.2, 0.25) is 10.0 Å². The lowest BCUT2D eigenvalue weighted by atomic mass is 10.2. The van der Waals surface area contributed by atoms with E-state index in [0.29, 0.717) is 31.7 Å². The maximum atomic E-state index is 13.5. The van der Waals surface area contributed by atoms with Crippen LogP contribution in [0.1, 0.15) is 18.4 Å². The molecule has 0 aliphatic carbocycles. The molecule has 2 aliphatic heterocycles. The molecule has 1 atom stereocenters. The normalized spacial score (nSPS) is 22.4. The number of benzene rings is 1. The van der Waals surface area contributed by atoms with Gasteiger partial charge in [0.25, 0.3) is 5.69 Å². The predicted octanol–water partition coefficient (Wildman–Crippen LogP) is 0.803. The number of aryl methyl sites for hydroxylation is 1. The zero-order valence-corrected chi connectivity index (χ0v) is 18.5. The van der Waals surface area contributed by atoms with Crippen molar-refractivity contribution in [1.82, 2.24) is 9.21 Å². The molecule has 10 nitrogen and oxygen atoms in total. The van der Waals surface area contributed by atoms with Crippen LogP contribution in [0.25, 0.3) is 0 Å². The summed E-state index contributed by atoms with van der Waals surface area (Å²) < 4.78 is 57.5. The average molecular weight is 462 g/mol. The Morgan fingerprint density at radius 2 is 2.00 bits per heavy atom. The summed E-state index contributed by atoms with van der Waals surface area (Å²) in [6, 6.07) is 3.06. The van der Waals surface area contributed by atoms with Gasteiger partial charge in [-0.3, -0.25) is 15.0 Å². The molecule has 0 amide bonds. The SMILES string of the molecule is Cc1ccc([N+](=O)[O-])cc1S(=O)(=O)N(CCCN1CCOCC1)C1CCS(=O)(=O)C1. The standard InChI is InChI=1S/C18H27N3O7S2/c1-15-3-4-16(21(22)23)13-18(15)30(26,27)20(17-5-12-29(24,25)14-17)7-2-6-19-8-10-28-11-9-19/h3-4,13,17H,2,5-12,14H2,1H3. The lowest BCUT2D eigenvalue weighted by Gasteiger charge is -2.30. The van der Waals surface area contributed by atoms with E-state index in [2.05, 4.69) is 4.90 Å². The van der Waals surface area contributed by atoms with E-state index in [1.807, 2.05) is 0 Å². The van der Waals surface area contributed by atoms with Gasteiger partial charge in [-0.15, -0.1) is 0 Å². The lowest BCUT2D eigenvalue weighted by Crippen LogP contribution is -2.43. The van der Waals surface area contributed by atoms with E-state index in [-0.39, 0.29) is 35.1 Å². The summed E-state index contributed by atoms with van der Waals surface area (Å²) >= 11 is 0. The number of hydrogen-bond donors (Lipinski definition) is 0. The van der Waals surface area contributed by atoms with E-state index in [1.54, 1.807) is 6.92 Å². The maximum Gasteiger partial charge on any atom is 0.270 e. The van der Waals surface area contributed by atoms with Crippen molar-refractivity contribution < 1.29 is 26.5 Å². The van der Waals surface area contributed by atoms with Crippen LogP contribution in [0.5, 0.6) is 0 Å². The Morgan fingerprint density at radius 1 is 1.30 bits per heavy atom. The van der Waals surface area contributed by atoms with Crippen molar-refractivity contribution in [3.63, 3.8) is 0 Å². The molecule has 2 aliphatic rings. The van der Waals surface area contributed by atoms with Crippen molar-refractivity contribution in [2.45, 2.75) is 30.7 Å². The third kappa shape index (κ3) is 5.35. The van der Waals surface area contributed by atoms with Gasteiger partial charge in [-0.05, 0) is 31.9 Å². The van der Waals surface area contributed by atoms with E-state index in [9.17, 15) is 26.9 Å². The fraction of sp³-hybridized carbons (Fsp3) is 0.667. The Hall–Kier alpha value is -1.60. The van der Waals surface area contributed by atoms with Crippen LogP contribution >= 0.6 is 0 Å². The zero-order valence-electron chi connectivity index (χ0n) is 16.9. The molecule has 1 unspecified atom stereocenters. The second-order valence-corrected chi connectivity index (χ2v) is 11.8. The fourth-order valence-corrected chi connectivity index (χ4v) is 7.65. The van der Waals surface area contributed by atoms with Crippen LogP contribution in [0.2, 0.25) is 0 Å². The molecule has 2 saturated heterocycles. The number of nitro benzene ring substituents is 1. The Bertz CT molecular complexity index is 989. The van der Waals surface area contributed by atoms with E-state index < -0.39 is 30.8 Å². The van der Waals surface area contributed by atoms with Crippen LogP contribution in [0, 0.1) is 17.0 Å². The smallest absolute Gasteiger partial charge is 0.270 e. The van der Waals surface area contributed by atoms with Gasteiger partial charge in [-0.1, -0.05) is 6.07 Å². The van der Waals surface area contributed by atoms with Gasteiger partial charge in [0.15, 0.2) is 9.84 Å². The Kier molecular flexibility index (Phi) is 7.13. The largest absolute Gasteiger partial charge is 0.379 e. The lowest BCUT2D eigenvalue weighted by molar-refractivity contribution is -0.385. The molecule has 0 spiro atoms. The van der Waals surface area contributed by atoms with E-state index >= 15 is 0 Å². The molecule has 1 aromatic carbocycles. The van der Waals surface area contributed by atoms with Crippen molar-refractivity contribution in [1.29, 1.82) is 0 Å². The number of sulfone groups is 1. The first-order valence-corrected chi connectivity index (χ1v) is 13.1. The van der Waals surface area contributed by atoms with Crippen LogP contribution in [0.3, 0.4) is 0 Å². The molecule has 1 aromatic rings. The number of nitrogens with zero attached hydrogens (tertiary/aromatic N) is 3. The highest BCUT2D eigenvalue weighted by Gasteiger charge is 2.39. The van der Waals surface area contributed by atoms with Gasteiger partial charge in [0, 0.05) is 37.8 Å². The monoisotopic (exact) mass is 461 g/mol.